The SMILES string of the molecule is COc1cccc(N)c1C(=O)N[C@@H](CO)c1ccccc1. The molecule has 0 radical (unpaired) electrons. The first kappa shape index (κ1) is 14.9. The van der Waals surface area contributed by atoms with Crippen molar-refractivity contribution in [1.82, 2.24) is 5.32 Å². The number of rotatable bonds is 5. The number of benzene rings is 2. The van der Waals surface area contributed by atoms with Gasteiger partial charge in [-0.15, -0.1) is 0 Å². The van der Waals surface area contributed by atoms with Crippen molar-refractivity contribution < 1.29 is 14.6 Å². The van der Waals surface area contributed by atoms with Gasteiger partial charge in [0.05, 0.1) is 19.8 Å². The van der Waals surface area contributed by atoms with E-state index in [0.717, 1.165) is 5.56 Å². The Morgan fingerprint density at radius 3 is 2.57 bits per heavy atom. The fourth-order valence-corrected chi connectivity index (χ4v) is 2.11. The molecule has 110 valence electrons. The summed E-state index contributed by atoms with van der Waals surface area (Å²) in [6.07, 6.45) is 0. The molecule has 0 aliphatic carbocycles. The van der Waals surface area contributed by atoms with Crippen LogP contribution in [0.1, 0.15) is 22.0 Å². The molecular weight excluding hydrogens is 268 g/mol. The van der Waals surface area contributed by atoms with E-state index in [1.165, 1.54) is 7.11 Å². The Labute approximate surface area is 123 Å². The molecular formula is C16H18N2O3. The van der Waals surface area contributed by atoms with Gasteiger partial charge in [0.1, 0.15) is 11.3 Å². The average Bonchev–Trinajstić information content (AvgIpc) is 2.52. The van der Waals surface area contributed by atoms with Crippen LogP contribution in [-0.4, -0.2) is 24.7 Å². The Morgan fingerprint density at radius 2 is 1.95 bits per heavy atom. The maximum Gasteiger partial charge on any atom is 0.257 e. The van der Waals surface area contributed by atoms with Crippen LogP contribution in [0.25, 0.3) is 0 Å². The lowest BCUT2D eigenvalue weighted by Gasteiger charge is -2.18. The molecule has 0 unspecified atom stereocenters. The van der Waals surface area contributed by atoms with E-state index in [9.17, 15) is 9.90 Å². The van der Waals surface area contributed by atoms with Crippen molar-refractivity contribution in [2.24, 2.45) is 0 Å². The van der Waals surface area contributed by atoms with Crippen LogP contribution in [0.5, 0.6) is 5.75 Å². The molecule has 1 atom stereocenters. The van der Waals surface area contributed by atoms with Crippen molar-refractivity contribution in [3.8, 4) is 5.75 Å². The van der Waals surface area contributed by atoms with Gasteiger partial charge >= 0.3 is 0 Å². The summed E-state index contributed by atoms with van der Waals surface area (Å²) < 4.78 is 5.16. The van der Waals surface area contributed by atoms with Crippen LogP contribution in [0, 0.1) is 0 Å². The average molecular weight is 286 g/mol. The highest BCUT2D eigenvalue weighted by Gasteiger charge is 2.19. The Morgan fingerprint density at radius 1 is 1.24 bits per heavy atom. The van der Waals surface area contributed by atoms with Gasteiger partial charge in [-0.1, -0.05) is 36.4 Å². The summed E-state index contributed by atoms with van der Waals surface area (Å²) in [7, 11) is 1.48. The largest absolute Gasteiger partial charge is 0.496 e. The van der Waals surface area contributed by atoms with E-state index in [1.807, 2.05) is 30.3 Å². The summed E-state index contributed by atoms with van der Waals surface area (Å²) in [4.78, 5) is 12.4. The van der Waals surface area contributed by atoms with Gasteiger partial charge in [-0.25, -0.2) is 0 Å². The van der Waals surface area contributed by atoms with Gasteiger partial charge in [0.25, 0.3) is 5.91 Å². The van der Waals surface area contributed by atoms with Crippen molar-refractivity contribution >= 4 is 11.6 Å². The molecule has 21 heavy (non-hydrogen) atoms. The van der Waals surface area contributed by atoms with Crippen LogP contribution >= 0.6 is 0 Å². The van der Waals surface area contributed by atoms with Crippen molar-refractivity contribution in [2.45, 2.75) is 6.04 Å². The number of nitrogens with two attached hydrogens (primary N) is 1. The van der Waals surface area contributed by atoms with E-state index in [4.69, 9.17) is 10.5 Å². The van der Waals surface area contributed by atoms with Crippen LogP contribution in [-0.2, 0) is 0 Å². The highest BCUT2D eigenvalue weighted by molar-refractivity contribution is 6.02. The van der Waals surface area contributed by atoms with E-state index < -0.39 is 6.04 Å². The molecule has 0 aliphatic rings. The quantitative estimate of drug-likeness (QED) is 0.731. The van der Waals surface area contributed by atoms with E-state index in [-0.39, 0.29) is 18.1 Å². The maximum absolute atomic E-state index is 12.4. The number of aliphatic hydroxyl groups is 1. The molecule has 0 saturated heterocycles. The first-order valence-corrected chi connectivity index (χ1v) is 6.56. The molecule has 0 aliphatic heterocycles. The topological polar surface area (TPSA) is 84.6 Å². The molecule has 2 aromatic carbocycles. The molecule has 0 saturated carbocycles. The molecule has 0 fully saturated rings. The minimum Gasteiger partial charge on any atom is -0.496 e. The first-order chi connectivity index (χ1) is 10.2. The summed E-state index contributed by atoms with van der Waals surface area (Å²) in [6, 6.07) is 13.8. The zero-order chi connectivity index (χ0) is 15.2. The van der Waals surface area contributed by atoms with Crippen molar-refractivity contribution in [3.63, 3.8) is 0 Å². The van der Waals surface area contributed by atoms with Gasteiger partial charge in [0, 0.05) is 5.69 Å². The Hall–Kier alpha value is -2.53. The predicted octanol–water partition coefficient (Wildman–Crippen LogP) is 1.74. The van der Waals surface area contributed by atoms with Crippen LogP contribution in [0.15, 0.2) is 48.5 Å². The lowest BCUT2D eigenvalue weighted by molar-refractivity contribution is 0.0914. The molecule has 5 heteroatoms. The summed E-state index contributed by atoms with van der Waals surface area (Å²) in [6.45, 7) is -0.204. The van der Waals surface area contributed by atoms with Gasteiger partial charge in [-0.05, 0) is 17.7 Å². The lowest BCUT2D eigenvalue weighted by atomic mass is 10.1. The summed E-state index contributed by atoms with van der Waals surface area (Å²) in [5.41, 5.74) is 7.27. The van der Waals surface area contributed by atoms with Crippen molar-refractivity contribution in [3.05, 3.63) is 59.7 Å². The van der Waals surface area contributed by atoms with Gasteiger partial charge in [-0.2, -0.15) is 0 Å². The number of nitrogen functional groups attached to an aromatic ring is 1. The van der Waals surface area contributed by atoms with E-state index >= 15 is 0 Å². The number of aliphatic hydroxyl groups excluding tert-OH is 1. The van der Waals surface area contributed by atoms with Gasteiger partial charge in [0.2, 0.25) is 0 Å². The van der Waals surface area contributed by atoms with E-state index in [0.29, 0.717) is 11.4 Å². The molecule has 0 spiro atoms. The number of hydrogen-bond acceptors (Lipinski definition) is 4. The molecule has 5 nitrogen and oxygen atoms in total. The number of carbonyl (C=O) groups excluding carboxylic acids is 1. The van der Waals surface area contributed by atoms with Crippen LogP contribution in [0.4, 0.5) is 5.69 Å². The van der Waals surface area contributed by atoms with Gasteiger partial charge in [0.15, 0.2) is 0 Å². The Bertz CT molecular complexity index is 614. The summed E-state index contributed by atoms with van der Waals surface area (Å²) in [5.74, 6) is 0.0186. The standard InChI is InChI=1S/C16H18N2O3/c1-21-14-9-5-8-12(17)15(14)16(20)18-13(10-19)11-6-3-2-4-7-11/h2-9,13,19H,10,17H2,1H3,(H,18,20)/t13-/m0/s1. The number of methoxy groups -OCH3 is 1. The van der Waals surface area contributed by atoms with Gasteiger partial charge in [-0.3, -0.25) is 4.79 Å². The maximum atomic E-state index is 12.4. The monoisotopic (exact) mass is 286 g/mol. The normalized spacial score (nSPS) is 11.7. The highest BCUT2D eigenvalue weighted by atomic mass is 16.5. The third-order valence-corrected chi connectivity index (χ3v) is 3.20. The highest BCUT2D eigenvalue weighted by Crippen LogP contribution is 2.25. The third-order valence-electron chi connectivity index (χ3n) is 3.20. The van der Waals surface area contributed by atoms with E-state index in [1.54, 1.807) is 18.2 Å². The first-order valence-electron chi connectivity index (χ1n) is 6.56. The molecule has 2 aromatic rings. The minimum atomic E-state index is -0.497. The zero-order valence-corrected chi connectivity index (χ0v) is 11.7. The van der Waals surface area contributed by atoms with Crippen LogP contribution in [0.3, 0.4) is 0 Å². The molecule has 0 aromatic heterocycles. The predicted molar refractivity (Wildman–Crippen MR) is 81.1 cm³/mol. The molecule has 1 amide bonds. The lowest BCUT2D eigenvalue weighted by Crippen LogP contribution is -2.31. The molecule has 4 N–H and O–H groups in total. The number of hydrogen-bond donors (Lipinski definition) is 3. The number of ether oxygens (including phenoxy) is 1. The molecule has 2 rings (SSSR count). The minimum absolute atomic E-state index is 0.204. The van der Waals surface area contributed by atoms with E-state index in [2.05, 4.69) is 5.32 Å². The summed E-state index contributed by atoms with van der Waals surface area (Å²) in [5, 5.41) is 12.3. The number of nitrogens with one attached hydrogen (secondary N) is 1. The third kappa shape index (κ3) is 3.32. The molecule has 0 heterocycles. The van der Waals surface area contributed by atoms with Gasteiger partial charge < -0.3 is 20.9 Å². The fraction of sp³-hybridized carbons (Fsp3) is 0.188. The second kappa shape index (κ2) is 6.76. The smallest absolute Gasteiger partial charge is 0.257 e. The van der Waals surface area contributed by atoms with Crippen molar-refractivity contribution in [1.29, 1.82) is 0 Å². The second-order valence-corrected chi connectivity index (χ2v) is 4.54. The Kier molecular flexibility index (Phi) is 4.79. The second-order valence-electron chi connectivity index (χ2n) is 4.54. The van der Waals surface area contributed by atoms with Crippen LogP contribution in [0.2, 0.25) is 0 Å². The Balaban J connectivity index is 2.25. The fourth-order valence-electron chi connectivity index (χ4n) is 2.11. The number of carbonyl (C=O) groups is 1. The number of amides is 1. The van der Waals surface area contributed by atoms with Crippen molar-refractivity contribution in [2.75, 3.05) is 19.5 Å². The molecule has 0 bridgehead atoms. The van der Waals surface area contributed by atoms with Crippen LogP contribution < -0.4 is 15.8 Å². The summed E-state index contributed by atoms with van der Waals surface area (Å²) >= 11 is 0. The zero-order valence-electron chi connectivity index (χ0n) is 11.7. The number of anilines is 1.